The maximum atomic E-state index is 11.7. The number of nitrogens with zero attached hydrogens (tertiary/aromatic N) is 1. The summed E-state index contributed by atoms with van der Waals surface area (Å²) in [6.07, 6.45) is 1.56. The molecule has 1 aromatic rings. The average molecular weight is 283 g/mol. The summed E-state index contributed by atoms with van der Waals surface area (Å²) >= 11 is 0. The molecule has 1 aliphatic heterocycles. The van der Waals surface area contributed by atoms with Gasteiger partial charge >= 0.3 is 12.0 Å². The Kier molecular flexibility index (Phi) is 3.93. The Morgan fingerprint density at radius 2 is 2.35 bits per heavy atom. The lowest BCUT2D eigenvalue weighted by atomic mass is 9.85. The van der Waals surface area contributed by atoms with Crippen LogP contribution in [0.5, 0.6) is 0 Å². The number of aliphatic carboxylic acids is 1. The fourth-order valence-electron chi connectivity index (χ4n) is 1.93. The van der Waals surface area contributed by atoms with Crippen LogP contribution in [-0.2, 0) is 16.1 Å². The fraction of sp³-hybridized carbons (Fsp3) is 0.583. The first kappa shape index (κ1) is 14.3. The predicted octanol–water partition coefficient (Wildman–Crippen LogP) is 0.272. The lowest BCUT2D eigenvalue weighted by Crippen LogP contribution is -2.52. The molecule has 2 heterocycles. The van der Waals surface area contributed by atoms with Crippen molar-refractivity contribution in [1.82, 2.24) is 15.6 Å². The van der Waals surface area contributed by atoms with Gasteiger partial charge in [-0.05, 0) is 13.8 Å². The number of carboxylic acids is 1. The van der Waals surface area contributed by atoms with Crippen LogP contribution in [0.25, 0.3) is 0 Å². The third kappa shape index (κ3) is 2.90. The van der Waals surface area contributed by atoms with Gasteiger partial charge in [0.25, 0.3) is 0 Å². The zero-order valence-corrected chi connectivity index (χ0v) is 11.3. The first-order valence-electron chi connectivity index (χ1n) is 6.18. The molecule has 0 aliphatic carbocycles. The molecule has 0 radical (unpaired) electrons. The van der Waals surface area contributed by atoms with Crippen molar-refractivity contribution in [3.05, 3.63) is 17.8 Å². The number of aromatic nitrogens is 1. The van der Waals surface area contributed by atoms with E-state index in [2.05, 4.69) is 15.6 Å². The Bertz CT molecular complexity index is 515. The fourth-order valence-corrected chi connectivity index (χ4v) is 1.93. The van der Waals surface area contributed by atoms with Crippen LogP contribution in [0.4, 0.5) is 4.79 Å². The van der Waals surface area contributed by atoms with Crippen molar-refractivity contribution in [2.24, 2.45) is 5.41 Å². The van der Waals surface area contributed by atoms with Crippen molar-refractivity contribution < 1.29 is 23.8 Å². The normalized spacial score (nSPS) is 25.4. The lowest BCUT2D eigenvalue weighted by Gasteiger charge is -2.25. The highest BCUT2D eigenvalue weighted by Gasteiger charge is 2.47. The molecule has 8 nitrogen and oxygen atoms in total. The predicted molar refractivity (Wildman–Crippen MR) is 67.0 cm³/mol. The van der Waals surface area contributed by atoms with Crippen LogP contribution < -0.4 is 10.6 Å². The standard InChI is InChI=1S/C12H17N3O5/c1-7-3-13-9(20-7)4-14-11(18)15-8-5-19-6-12(8,2)10(16)17/h3,8H,4-6H2,1-2H3,(H,16,17)(H2,14,15,18). The van der Waals surface area contributed by atoms with Crippen LogP contribution in [-0.4, -0.2) is 41.3 Å². The molecule has 0 saturated carbocycles. The molecule has 3 N–H and O–H groups in total. The highest BCUT2D eigenvalue weighted by molar-refractivity contribution is 5.79. The molecule has 1 aliphatic rings. The molecular formula is C12H17N3O5. The van der Waals surface area contributed by atoms with Crippen molar-refractivity contribution in [1.29, 1.82) is 0 Å². The average Bonchev–Trinajstić information content (AvgIpc) is 2.95. The van der Waals surface area contributed by atoms with Gasteiger partial charge in [0.1, 0.15) is 11.2 Å². The lowest BCUT2D eigenvalue weighted by molar-refractivity contribution is -0.148. The molecule has 1 saturated heterocycles. The highest BCUT2D eigenvalue weighted by Crippen LogP contribution is 2.28. The largest absolute Gasteiger partial charge is 0.481 e. The quantitative estimate of drug-likeness (QED) is 0.731. The molecule has 0 spiro atoms. The van der Waals surface area contributed by atoms with Crippen molar-refractivity contribution in [2.45, 2.75) is 26.4 Å². The topological polar surface area (TPSA) is 114 Å². The molecule has 2 amide bonds. The third-order valence-electron chi connectivity index (χ3n) is 3.32. The summed E-state index contributed by atoms with van der Waals surface area (Å²) in [7, 11) is 0. The van der Waals surface area contributed by atoms with Gasteiger partial charge in [-0.1, -0.05) is 0 Å². The Morgan fingerprint density at radius 3 is 2.95 bits per heavy atom. The number of hydrogen-bond acceptors (Lipinski definition) is 5. The first-order chi connectivity index (χ1) is 9.41. The van der Waals surface area contributed by atoms with Crippen LogP contribution in [0.1, 0.15) is 18.6 Å². The number of hydrogen-bond donors (Lipinski definition) is 3. The number of carbonyl (C=O) groups excluding carboxylic acids is 1. The number of ether oxygens (including phenoxy) is 1. The SMILES string of the molecule is Cc1cnc(CNC(=O)NC2COCC2(C)C(=O)O)o1. The number of nitrogens with one attached hydrogen (secondary N) is 2. The number of oxazole rings is 1. The first-order valence-corrected chi connectivity index (χ1v) is 6.18. The number of amides is 2. The smallest absolute Gasteiger partial charge is 0.315 e. The summed E-state index contributed by atoms with van der Waals surface area (Å²) in [6.45, 7) is 3.69. The van der Waals surface area contributed by atoms with E-state index in [9.17, 15) is 14.7 Å². The van der Waals surface area contributed by atoms with E-state index in [1.165, 1.54) is 0 Å². The molecule has 2 rings (SSSR count). The van der Waals surface area contributed by atoms with Crippen LogP contribution in [0.3, 0.4) is 0 Å². The van der Waals surface area contributed by atoms with Gasteiger partial charge in [-0.15, -0.1) is 0 Å². The van der Waals surface area contributed by atoms with E-state index >= 15 is 0 Å². The second-order valence-corrected chi connectivity index (χ2v) is 4.98. The van der Waals surface area contributed by atoms with Gasteiger partial charge in [0.2, 0.25) is 5.89 Å². The number of aryl methyl sites for hydroxylation is 1. The maximum absolute atomic E-state index is 11.7. The molecular weight excluding hydrogens is 266 g/mol. The molecule has 20 heavy (non-hydrogen) atoms. The Morgan fingerprint density at radius 1 is 1.60 bits per heavy atom. The van der Waals surface area contributed by atoms with Gasteiger partial charge in [-0.25, -0.2) is 9.78 Å². The van der Waals surface area contributed by atoms with Gasteiger partial charge < -0.3 is 24.9 Å². The van der Waals surface area contributed by atoms with E-state index in [1.54, 1.807) is 20.0 Å². The van der Waals surface area contributed by atoms with Gasteiger partial charge in [0.15, 0.2) is 0 Å². The second-order valence-electron chi connectivity index (χ2n) is 4.98. The van der Waals surface area contributed by atoms with E-state index < -0.39 is 23.5 Å². The van der Waals surface area contributed by atoms with Crippen molar-refractivity contribution >= 4 is 12.0 Å². The Balaban J connectivity index is 1.86. The van der Waals surface area contributed by atoms with E-state index in [-0.39, 0.29) is 19.8 Å². The molecule has 2 unspecified atom stereocenters. The van der Waals surface area contributed by atoms with Crippen LogP contribution in [0.2, 0.25) is 0 Å². The zero-order chi connectivity index (χ0) is 14.8. The minimum absolute atomic E-state index is 0.0756. The summed E-state index contributed by atoms with van der Waals surface area (Å²) in [6, 6.07) is -1.06. The third-order valence-corrected chi connectivity index (χ3v) is 3.32. The van der Waals surface area contributed by atoms with Gasteiger partial charge in [0, 0.05) is 0 Å². The number of carboxylic acid groups (broad SMARTS) is 1. The van der Waals surface area contributed by atoms with Crippen LogP contribution >= 0.6 is 0 Å². The molecule has 8 heteroatoms. The van der Waals surface area contributed by atoms with E-state index in [0.717, 1.165) is 0 Å². The molecule has 1 aromatic heterocycles. The zero-order valence-electron chi connectivity index (χ0n) is 11.3. The Labute approximate surface area is 115 Å². The van der Waals surface area contributed by atoms with Gasteiger partial charge in [-0.3, -0.25) is 4.79 Å². The number of urea groups is 1. The maximum Gasteiger partial charge on any atom is 0.315 e. The molecule has 0 bridgehead atoms. The van der Waals surface area contributed by atoms with Gasteiger partial charge in [-0.2, -0.15) is 0 Å². The summed E-state index contributed by atoms with van der Waals surface area (Å²) < 4.78 is 10.4. The minimum Gasteiger partial charge on any atom is -0.481 e. The van der Waals surface area contributed by atoms with E-state index in [0.29, 0.717) is 11.7 Å². The summed E-state index contributed by atoms with van der Waals surface area (Å²) in [5.74, 6) is 0.0507. The number of carbonyl (C=O) groups is 2. The van der Waals surface area contributed by atoms with Crippen LogP contribution in [0.15, 0.2) is 10.6 Å². The summed E-state index contributed by atoms with van der Waals surface area (Å²) in [5.41, 5.74) is -1.11. The van der Waals surface area contributed by atoms with E-state index in [4.69, 9.17) is 9.15 Å². The molecule has 2 atom stereocenters. The minimum atomic E-state index is -1.11. The highest BCUT2D eigenvalue weighted by atomic mass is 16.5. The Hall–Kier alpha value is -2.09. The van der Waals surface area contributed by atoms with Crippen molar-refractivity contribution in [3.8, 4) is 0 Å². The molecule has 0 aromatic carbocycles. The van der Waals surface area contributed by atoms with Gasteiger partial charge in [0.05, 0.1) is 32.0 Å². The van der Waals surface area contributed by atoms with E-state index in [1.807, 2.05) is 0 Å². The summed E-state index contributed by atoms with van der Waals surface area (Å²) in [4.78, 5) is 26.9. The number of rotatable bonds is 4. The molecule has 110 valence electrons. The second kappa shape index (κ2) is 5.49. The van der Waals surface area contributed by atoms with Crippen molar-refractivity contribution in [2.75, 3.05) is 13.2 Å². The van der Waals surface area contributed by atoms with Crippen LogP contribution in [0, 0.1) is 12.3 Å². The molecule has 1 fully saturated rings. The summed E-state index contributed by atoms with van der Waals surface area (Å²) in [5, 5.41) is 14.4. The monoisotopic (exact) mass is 283 g/mol. The van der Waals surface area contributed by atoms with Crippen molar-refractivity contribution in [3.63, 3.8) is 0 Å².